The summed E-state index contributed by atoms with van der Waals surface area (Å²) >= 11 is 0. The molecule has 0 aliphatic carbocycles. The number of carbonyl (C=O) groups is 1. The molecule has 0 unspecified atom stereocenters. The van der Waals surface area contributed by atoms with Gasteiger partial charge in [0.2, 0.25) is 0 Å². The van der Waals surface area contributed by atoms with Gasteiger partial charge < -0.3 is 15.5 Å². The molecule has 0 spiro atoms. The minimum Gasteiger partial charge on any atom is -0.370 e. The lowest BCUT2D eigenvalue weighted by Crippen LogP contribution is -2.24. The quantitative estimate of drug-likeness (QED) is 0.634. The summed E-state index contributed by atoms with van der Waals surface area (Å²) in [4.78, 5) is 14.5. The Hall–Kier alpha value is -2.70. The van der Waals surface area contributed by atoms with Gasteiger partial charge in [-0.05, 0) is 54.2 Å². The second-order valence-electron chi connectivity index (χ2n) is 8.33. The molecule has 2 aromatic rings. The molecule has 7 heteroatoms. The second kappa shape index (κ2) is 7.97. The van der Waals surface area contributed by atoms with E-state index in [1.165, 1.54) is 6.07 Å². The van der Waals surface area contributed by atoms with Crippen LogP contribution in [0, 0.1) is 0 Å². The Morgan fingerprint density at radius 1 is 0.897 bits per heavy atom. The molecule has 3 rings (SSSR count). The number of halogens is 3. The molecule has 29 heavy (non-hydrogen) atoms. The highest BCUT2D eigenvalue weighted by molar-refractivity contribution is 6.02. The Labute approximate surface area is 169 Å². The van der Waals surface area contributed by atoms with Crippen molar-refractivity contribution in [2.24, 2.45) is 0 Å². The first-order chi connectivity index (χ1) is 13.5. The van der Waals surface area contributed by atoms with E-state index in [2.05, 4.69) is 31.4 Å². The molecule has 1 aliphatic rings. The maximum absolute atomic E-state index is 13.2. The highest BCUT2D eigenvalue weighted by Gasteiger charge is 2.32. The zero-order valence-electron chi connectivity index (χ0n) is 16.9. The Kier molecular flexibility index (Phi) is 5.78. The van der Waals surface area contributed by atoms with E-state index < -0.39 is 17.8 Å². The molecule has 1 fully saturated rings. The van der Waals surface area contributed by atoms with E-state index >= 15 is 0 Å². The van der Waals surface area contributed by atoms with Crippen LogP contribution in [0.25, 0.3) is 0 Å². The van der Waals surface area contributed by atoms with Crippen LogP contribution in [0.5, 0.6) is 0 Å². The van der Waals surface area contributed by atoms with E-state index in [4.69, 9.17) is 0 Å². The number of hydrogen-bond donors (Lipinski definition) is 2. The van der Waals surface area contributed by atoms with Crippen molar-refractivity contribution in [1.82, 2.24) is 0 Å². The van der Waals surface area contributed by atoms with Crippen LogP contribution in [0.2, 0.25) is 0 Å². The summed E-state index contributed by atoms with van der Waals surface area (Å²) in [5.41, 5.74) is 1.66. The predicted octanol–water partition coefficient (Wildman–Crippen LogP) is 6.25. The van der Waals surface area contributed by atoms with Crippen molar-refractivity contribution < 1.29 is 18.0 Å². The smallest absolute Gasteiger partial charge is 0.370 e. The number of nitrogens with one attached hydrogen (secondary N) is 2. The standard InChI is InChI=1S/C22H26F3N3O/c1-21(2,3)15-6-9-17(10-7-15)26-20(29)27-18-14-16(22(23,24)25)8-11-19(18)28-12-4-5-13-28/h6-11,14H,4-5,12-13H2,1-3H3,(H2,26,27,29). The van der Waals surface area contributed by atoms with Crippen LogP contribution in [0.4, 0.5) is 35.0 Å². The number of anilines is 3. The van der Waals surface area contributed by atoms with Crippen molar-refractivity contribution in [3.63, 3.8) is 0 Å². The van der Waals surface area contributed by atoms with E-state index in [0.29, 0.717) is 11.4 Å². The number of hydrogen-bond acceptors (Lipinski definition) is 2. The monoisotopic (exact) mass is 405 g/mol. The molecule has 4 nitrogen and oxygen atoms in total. The predicted molar refractivity (Wildman–Crippen MR) is 111 cm³/mol. The van der Waals surface area contributed by atoms with Crippen LogP contribution in [-0.4, -0.2) is 19.1 Å². The first kappa shape index (κ1) is 21.0. The molecule has 0 atom stereocenters. The highest BCUT2D eigenvalue weighted by atomic mass is 19.4. The molecule has 2 N–H and O–H groups in total. The minimum absolute atomic E-state index is 0.0105. The van der Waals surface area contributed by atoms with E-state index in [1.54, 1.807) is 12.1 Å². The van der Waals surface area contributed by atoms with E-state index in [-0.39, 0.29) is 11.1 Å². The number of benzene rings is 2. The summed E-state index contributed by atoms with van der Waals surface area (Å²) < 4.78 is 39.5. The normalized spacial score (nSPS) is 14.8. The third-order valence-electron chi connectivity index (χ3n) is 5.03. The van der Waals surface area contributed by atoms with Gasteiger partial charge in [0.05, 0.1) is 16.9 Å². The SMILES string of the molecule is CC(C)(C)c1ccc(NC(=O)Nc2cc(C(F)(F)F)ccc2N2CCCC2)cc1. The summed E-state index contributed by atoms with van der Waals surface area (Å²) in [6.45, 7) is 7.80. The fourth-order valence-corrected chi connectivity index (χ4v) is 3.38. The van der Waals surface area contributed by atoms with Gasteiger partial charge in [-0.2, -0.15) is 13.2 Å². The molecule has 1 heterocycles. The Morgan fingerprint density at radius 2 is 1.48 bits per heavy atom. The van der Waals surface area contributed by atoms with E-state index in [0.717, 1.165) is 43.6 Å². The Balaban J connectivity index is 1.79. The topological polar surface area (TPSA) is 44.4 Å². The maximum atomic E-state index is 13.2. The van der Waals surface area contributed by atoms with Gasteiger partial charge in [-0.25, -0.2) is 4.79 Å². The van der Waals surface area contributed by atoms with Crippen LogP contribution in [0.1, 0.15) is 44.7 Å². The third kappa shape index (κ3) is 5.22. The van der Waals surface area contributed by atoms with Crippen molar-refractivity contribution in [3.8, 4) is 0 Å². The summed E-state index contributed by atoms with van der Waals surface area (Å²) in [6, 6.07) is 10.3. The molecular weight excluding hydrogens is 379 g/mol. The van der Waals surface area contributed by atoms with E-state index in [9.17, 15) is 18.0 Å². The lowest BCUT2D eigenvalue weighted by molar-refractivity contribution is -0.137. The number of nitrogens with zero attached hydrogens (tertiary/aromatic N) is 1. The molecule has 1 aliphatic heterocycles. The summed E-state index contributed by atoms with van der Waals surface area (Å²) in [7, 11) is 0. The van der Waals surface area contributed by atoms with Crippen molar-refractivity contribution in [1.29, 1.82) is 0 Å². The maximum Gasteiger partial charge on any atom is 0.416 e. The Bertz CT molecular complexity index is 864. The minimum atomic E-state index is -4.47. The van der Waals surface area contributed by atoms with Gasteiger partial charge in [0.15, 0.2) is 0 Å². The lowest BCUT2D eigenvalue weighted by atomic mass is 9.87. The summed E-state index contributed by atoms with van der Waals surface area (Å²) in [5.74, 6) is 0. The van der Waals surface area contributed by atoms with Crippen molar-refractivity contribution in [2.45, 2.75) is 45.2 Å². The average Bonchev–Trinajstić information content (AvgIpc) is 3.15. The number of carbonyl (C=O) groups excluding carboxylic acids is 1. The van der Waals surface area contributed by atoms with Crippen LogP contribution < -0.4 is 15.5 Å². The van der Waals surface area contributed by atoms with Crippen LogP contribution >= 0.6 is 0 Å². The number of rotatable bonds is 3. The summed E-state index contributed by atoms with van der Waals surface area (Å²) in [5, 5.41) is 5.30. The number of alkyl halides is 3. The van der Waals surface area contributed by atoms with Gasteiger partial charge in [0.25, 0.3) is 0 Å². The zero-order chi connectivity index (χ0) is 21.2. The molecule has 0 aromatic heterocycles. The Morgan fingerprint density at radius 3 is 2.03 bits per heavy atom. The number of urea groups is 1. The molecule has 0 bridgehead atoms. The third-order valence-corrected chi connectivity index (χ3v) is 5.03. The molecule has 2 amide bonds. The van der Waals surface area contributed by atoms with E-state index in [1.807, 2.05) is 17.0 Å². The van der Waals surface area contributed by atoms with Gasteiger partial charge >= 0.3 is 12.2 Å². The van der Waals surface area contributed by atoms with Crippen molar-refractivity contribution >= 4 is 23.1 Å². The fourth-order valence-electron chi connectivity index (χ4n) is 3.38. The first-order valence-corrected chi connectivity index (χ1v) is 9.69. The fraction of sp³-hybridized carbons (Fsp3) is 0.409. The van der Waals surface area contributed by atoms with Gasteiger partial charge in [0, 0.05) is 18.8 Å². The van der Waals surface area contributed by atoms with Crippen LogP contribution in [0.15, 0.2) is 42.5 Å². The molecule has 0 saturated carbocycles. The molecular formula is C22H26F3N3O. The lowest BCUT2D eigenvalue weighted by Gasteiger charge is -2.23. The van der Waals surface area contributed by atoms with Crippen molar-refractivity contribution in [2.75, 3.05) is 28.6 Å². The molecule has 1 saturated heterocycles. The molecule has 156 valence electrons. The molecule has 0 radical (unpaired) electrons. The van der Waals surface area contributed by atoms with Gasteiger partial charge in [-0.3, -0.25) is 0 Å². The second-order valence-corrected chi connectivity index (χ2v) is 8.33. The van der Waals surface area contributed by atoms with Gasteiger partial charge in [-0.15, -0.1) is 0 Å². The van der Waals surface area contributed by atoms with Crippen molar-refractivity contribution in [3.05, 3.63) is 53.6 Å². The van der Waals surface area contributed by atoms with Crippen LogP contribution in [-0.2, 0) is 11.6 Å². The zero-order valence-corrected chi connectivity index (χ0v) is 16.9. The first-order valence-electron chi connectivity index (χ1n) is 9.69. The highest BCUT2D eigenvalue weighted by Crippen LogP contribution is 2.36. The van der Waals surface area contributed by atoms with Gasteiger partial charge in [-0.1, -0.05) is 32.9 Å². The van der Waals surface area contributed by atoms with Gasteiger partial charge in [0.1, 0.15) is 0 Å². The largest absolute Gasteiger partial charge is 0.416 e. The van der Waals surface area contributed by atoms with Crippen LogP contribution in [0.3, 0.4) is 0 Å². The summed E-state index contributed by atoms with van der Waals surface area (Å²) in [6.07, 6.45) is -2.52. The molecule has 2 aromatic carbocycles. The average molecular weight is 405 g/mol. The number of amides is 2.